The Morgan fingerprint density at radius 1 is 1.29 bits per heavy atom. The minimum absolute atomic E-state index is 0. The summed E-state index contributed by atoms with van der Waals surface area (Å²) in [5.41, 5.74) is 2.29. The number of nitrogens with zero attached hydrogens (tertiary/aromatic N) is 1. The predicted octanol–water partition coefficient (Wildman–Crippen LogP) is 1.93. The quantitative estimate of drug-likeness (QED) is 0.907. The molecule has 1 N–H and O–H groups in total. The highest BCUT2D eigenvalue weighted by Crippen LogP contribution is 2.29. The number of hydrogen-bond donors (Lipinski definition) is 1. The third-order valence-corrected chi connectivity index (χ3v) is 4.42. The number of benzene rings is 1. The van der Waals surface area contributed by atoms with E-state index < -0.39 is 6.10 Å². The van der Waals surface area contributed by atoms with Gasteiger partial charge in [0, 0.05) is 13.1 Å². The highest BCUT2D eigenvalue weighted by atomic mass is 35.5. The summed E-state index contributed by atoms with van der Waals surface area (Å²) in [6, 6.07) is 8.47. The molecule has 116 valence electrons. The molecule has 0 spiro atoms. The molecular weight excluding hydrogens is 288 g/mol. The third kappa shape index (κ3) is 3.39. The Hall–Kier alpha value is -1.10. The molecule has 1 fully saturated rings. The van der Waals surface area contributed by atoms with Crippen molar-refractivity contribution in [2.75, 3.05) is 26.7 Å². The lowest BCUT2D eigenvalue weighted by Crippen LogP contribution is -2.46. The van der Waals surface area contributed by atoms with Gasteiger partial charge in [0.15, 0.2) is 6.10 Å². The van der Waals surface area contributed by atoms with Crippen molar-refractivity contribution in [2.45, 2.75) is 31.4 Å². The zero-order valence-electron chi connectivity index (χ0n) is 12.4. The largest absolute Gasteiger partial charge is 0.363 e. The summed E-state index contributed by atoms with van der Waals surface area (Å²) >= 11 is 0. The van der Waals surface area contributed by atoms with Gasteiger partial charge in [-0.3, -0.25) is 4.79 Å². The van der Waals surface area contributed by atoms with Gasteiger partial charge in [-0.25, -0.2) is 0 Å². The van der Waals surface area contributed by atoms with E-state index in [9.17, 15) is 4.79 Å². The van der Waals surface area contributed by atoms with E-state index in [2.05, 4.69) is 11.4 Å². The fourth-order valence-electron chi connectivity index (χ4n) is 3.16. The molecule has 0 aromatic heterocycles. The van der Waals surface area contributed by atoms with Gasteiger partial charge in [0.05, 0.1) is 6.61 Å². The van der Waals surface area contributed by atoms with E-state index in [4.69, 9.17) is 4.74 Å². The number of ether oxygens (including phenoxy) is 1. The number of likely N-dealkylation sites (N-methyl/N-ethyl adjacent to an activating group) is 1. The lowest BCUT2D eigenvalue weighted by Gasteiger charge is -2.35. The summed E-state index contributed by atoms with van der Waals surface area (Å²) in [6.07, 6.45) is 2.53. The zero-order valence-corrected chi connectivity index (χ0v) is 13.2. The molecule has 21 heavy (non-hydrogen) atoms. The fraction of sp³-hybridized carbons (Fsp3) is 0.562. The van der Waals surface area contributed by atoms with Crippen LogP contribution >= 0.6 is 12.4 Å². The number of piperidine rings is 1. The maximum absolute atomic E-state index is 12.7. The fourth-order valence-corrected chi connectivity index (χ4v) is 3.16. The highest BCUT2D eigenvalue weighted by molar-refractivity contribution is 5.85. The average Bonchev–Trinajstić information content (AvgIpc) is 2.54. The normalized spacial score (nSPS) is 22.0. The van der Waals surface area contributed by atoms with Gasteiger partial charge < -0.3 is 15.0 Å². The molecular formula is C16H23ClN2O2. The number of nitrogens with one attached hydrogen (secondary N) is 1. The summed E-state index contributed by atoms with van der Waals surface area (Å²) in [4.78, 5) is 14.6. The van der Waals surface area contributed by atoms with Gasteiger partial charge >= 0.3 is 0 Å². The predicted molar refractivity (Wildman–Crippen MR) is 84.7 cm³/mol. The van der Waals surface area contributed by atoms with Crippen molar-refractivity contribution in [3.8, 4) is 0 Å². The van der Waals surface area contributed by atoms with Crippen LogP contribution in [0.3, 0.4) is 0 Å². The van der Waals surface area contributed by atoms with Gasteiger partial charge in [-0.05, 0) is 43.5 Å². The molecule has 3 rings (SSSR count). The molecule has 1 unspecified atom stereocenters. The first-order chi connectivity index (χ1) is 9.77. The van der Waals surface area contributed by atoms with Crippen LogP contribution in [0.5, 0.6) is 0 Å². The number of carbonyl (C=O) groups excluding carboxylic acids is 1. The standard InChI is InChI=1S/C16H22N2O2.ClH/c1-18(13-6-9-17-10-7-13)16(19)15-14-5-3-2-4-12(14)8-11-20-15;/h2-5,13,15,17H,6-11H2,1H3;1H. The van der Waals surface area contributed by atoms with Gasteiger partial charge in [0.2, 0.25) is 0 Å². The van der Waals surface area contributed by atoms with Crippen molar-refractivity contribution in [1.82, 2.24) is 10.2 Å². The van der Waals surface area contributed by atoms with E-state index in [-0.39, 0.29) is 18.3 Å². The number of rotatable bonds is 2. The van der Waals surface area contributed by atoms with Gasteiger partial charge in [-0.15, -0.1) is 12.4 Å². The van der Waals surface area contributed by atoms with Crippen molar-refractivity contribution in [1.29, 1.82) is 0 Å². The third-order valence-electron chi connectivity index (χ3n) is 4.42. The van der Waals surface area contributed by atoms with Crippen LogP contribution in [0, 0.1) is 0 Å². The first-order valence-electron chi connectivity index (χ1n) is 7.44. The maximum atomic E-state index is 12.7. The molecule has 1 saturated heterocycles. The molecule has 1 atom stereocenters. The lowest BCUT2D eigenvalue weighted by atomic mass is 9.96. The maximum Gasteiger partial charge on any atom is 0.256 e. The SMILES string of the molecule is CN(C(=O)C1OCCc2ccccc21)C1CCNCC1.Cl. The summed E-state index contributed by atoms with van der Waals surface area (Å²) < 4.78 is 5.77. The van der Waals surface area contributed by atoms with Crippen molar-refractivity contribution in [2.24, 2.45) is 0 Å². The topological polar surface area (TPSA) is 41.6 Å². The monoisotopic (exact) mass is 310 g/mol. The summed E-state index contributed by atoms with van der Waals surface area (Å²) in [6.45, 7) is 2.61. The molecule has 4 nitrogen and oxygen atoms in total. The van der Waals surface area contributed by atoms with Crippen LogP contribution < -0.4 is 5.32 Å². The first-order valence-corrected chi connectivity index (χ1v) is 7.44. The molecule has 0 radical (unpaired) electrons. The second-order valence-corrected chi connectivity index (χ2v) is 5.63. The number of amides is 1. The van der Waals surface area contributed by atoms with Crippen LogP contribution in [0.15, 0.2) is 24.3 Å². The summed E-state index contributed by atoms with van der Waals surface area (Å²) in [5, 5.41) is 3.33. The van der Waals surface area contributed by atoms with Gasteiger partial charge in [-0.1, -0.05) is 24.3 Å². The number of halogens is 1. The minimum Gasteiger partial charge on any atom is -0.363 e. The molecule has 1 amide bonds. The highest BCUT2D eigenvalue weighted by Gasteiger charge is 2.32. The molecule has 1 aromatic carbocycles. The van der Waals surface area contributed by atoms with Gasteiger partial charge in [0.1, 0.15) is 0 Å². The Balaban J connectivity index is 0.00000161. The second-order valence-electron chi connectivity index (χ2n) is 5.63. The average molecular weight is 311 g/mol. The Bertz CT molecular complexity index is 489. The second kappa shape index (κ2) is 7.25. The van der Waals surface area contributed by atoms with Crippen molar-refractivity contribution >= 4 is 18.3 Å². The molecule has 2 heterocycles. The summed E-state index contributed by atoms with van der Waals surface area (Å²) in [5.74, 6) is 0.101. The van der Waals surface area contributed by atoms with Crippen molar-refractivity contribution < 1.29 is 9.53 Å². The van der Waals surface area contributed by atoms with Crippen molar-refractivity contribution in [3.05, 3.63) is 35.4 Å². The van der Waals surface area contributed by atoms with Crippen molar-refractivity contribution in [3.63, 3.8) is 0 Å². The molecule has 0 aliphatic carbocycles. The van der Waals surface area contributed by atoms with Crippen LogP contribution in [-0.4, -0.2) is 43.6 Å². The van der Waals surface area contributed by atoms with E-state index in [1.807, 2.05) is 30.1 Å². The Morgan fingerprint density at radius 2 is 2.00 bits per heavy atom. The van der Waals surface area contributed by atoms with Gasteiger partial charge in [0.25, 0.3) is 5.91 Å². The molecule has 2 aliphatic heterocycles. The van der Waals surface area contributed by atoms with E-state index in [1.54, 1.807) is 0 Å². The molecule has 0 saturated carbocycles. The number of hydrogen-bond acceptors (Lipinski definition) is 3. The zero-order chi connectivity index (χ0) is 13.9. The van der Waals surface area contributed by atoms with E-state index >= 15 is 0 Å². The molecule has 5 heteroatoms. The molecule has 0 bridgehead atoms. The van der Waals surface area contributed by atoms with E-state index in [0.29, 0.717) is 12.6 Å². The van der Waals surface area contributed by atoms with Gasteiger partial charge in [-0.2, -0.15) is 0 Å². The van der Waals surface area contributed by atoms with E-state index in [1.165, 1.54) is 5.56 Å². The Labute approximate surface area is 132 Å². The van der Waals surface area contributed by atoms with Crippen LogP contribution in [0.2, 0.25) is 0 Å². The first kappa shape index (κ1) is 16.3. The van der Waals surface area contributed by atoms with Crippen LogP contribution in [0.4, 0.5) is 0 Å². The van der Waals surface area contributed by atoms with Crippen LogP contribution in [-0.2, 0) is 16.0 Å². The number of carbonyl (C=O) groups is 1. The molecule has 1 aromatic rings. The minimum atomic E-state index is -0.417. The molecule has 2 aliphatic rings. The van der Waals surface area contributed by atoms with Crippen LogP contribution in [0.1, 0.15) is 30.1 Å². The van der Waals surface area contributed by atoms with E-state index in [0.717, 1.165) is 37.9 Å². The summed E-state index contributed by atoms with van der Waals surface area (Å²) in [7, 11) is 1.92. The Morgan fingerprint density at radius 3 is 2.76 bits per heavy atom. The lowest BCUT2D eigenvalue weighted by molar-refractivity contribution is -0.146. The smallest absolute Gasteiger partial charge is 0.256 e. The number of fused-ring (bicyclic) bond motifs is 1. The van der Waals surface area contributed by atoms with Crippen LogP contribution in [0.25, 0.3) is 0 Å². The Kier molecular flexibility index (Phi) is 5.62.